The molecule has 25 heavy (non-hydrogen) atoms. The Bertz CT molecular complexity index is 746. The Morgan fingerprint density at radius 2 is 1.24 bits per heavy atom. The van der Waals surface area contributed by atoms with Crippen LogP contribution in [0.15, 0.2) is 58.3 Å². The summed E-state index contributed by atoms with van der Waals surface area (Å²) in [6, 6.07) is 14.7. The van der Waals surface area contributed by atoms with E-state index in [0.717, 1.165) is 11.3 Å². The zero-order valence-corrected chi connectivity index (χ0v) is 18.1. The predicted octanol–water partition coefficient (Wildman–Crippen LogP) is 6.71. The Morgan fingerprint density at radius 3 is 1.72 bits per heavy atom. The van der Waals surface area contributed by atoms with Crippen LogP contribution in [0.2, 0.25) is 39.3 Å². The van der Waals surface area contributed by atoms with Crippen molar-refractivity contribution in [2.24, 2.45) is 4.99 Å². The molecule has 0 aliphatic heterocycles. The third kappa shape index (κ3) is 5.90. The Morgan fingerprint density at radius 1 is 0.760 bits per heavy atom. The standard InChI is InChI=1S/C21H28FNSi2/c1-24(2,3)21(25(4,5)6)15-17-7-9-18(10-8-17)16-23-20-13-11-19(22)12-14-20/h7-16H,1-6H3. The molecule has 4 heteroatoms. The second-order valence-corrected chi connectivity index (χ2v) is 19.0. The lowest BCUT2D eigenvalue weighted by Gasteiger charge is -2.31. The molecule has 0 unspecified atom stereocenters. The van der Waals surface area contributed by atoms with Crippen molar-refractivity contribution in [3.05, 3.63) is 70.3 Å². The van der Waals surface area contributed by atoms with Crippen molar-refractivity contribution >= 4 is 34.1 Å². The molecule has 0 aliphatic carbocycles. The van der Waals surface area contributed by atoms with Crippen molar-refractivity contribution < 1.29 is 4.39 Å². The molecule has 0 bridgehead atoms. The highest BCUT2D eigenvalue weighted by atomic mass is 28.4. The first kappa shape index (κ1) is 19.5. The third-order valence-electron chi connectivity index (χ3n) is 4.05. The highest BCUT2D eigenvalue weighted by Crippen LogP contribution is 2.27. The molecule has 0 aliphatic rings. The first-order chi connectivity index (χ1) is 11.6. The number of halogens is 1. The van der Waals surface area contributed by atoms with Crippen molar-refractivity contribution in [1.82, 2.24) is 0 Å². The average molecular weight is 370 g/mol. The summed E-state index contributed by atoms with van der Waals surface area (Å²) in [6.07, 6.45) is 4.23. The van der Waals surface area contributed by atoms with E-state index in [9.17, 15) is 4.39 Å². The van der Waals surface area contributed by atoms with Gasteiger partial charge in [0.2, 0.25) is 0 Å². The molecule has 1 nitrogen and oxygen atoms in total. The van der Waals surface area contributed by atoms with Crippen LogP contribution in [0.4, 0.5) is 10.1 Å². The minimum atomic E-state index is -1.32. The highest BCUT2D eigenvalue weighted by molar-refractivity contribution is 7.05. The number of hydrogen-bond donors (Lipinski definition) is 0. The predicted molar refractivity (Wildman–Crippen MR) is 115 cm³/mol. The fourth-order valence-corrected chi connectivity index (χ4v) is 13.3. The Kier molecular flexibility index (Phi) is 5.96. The van der Waals surface area contributed by atoms with Crippen LogP contribution in [0, 0.1) is 5.82 Å². The van der Waals surface area contributed by atoms with Gasteiger partial charge in [-0.05, 0) is 35.4 Å². The molecule has 0 radical (unpaired) electrons. The third-order valence-corrected chi connectivity index (χ3v) is 12.1. The lowest BCUT2D eigenvalue weighted by atomic mass is 10.1. The lowest BCUT2D eigenvalue weighted by Crippen LogP contribution is -2.39. The first-order valence-corrected chi connectivity index (χ1v) is 15.7. The average Bonchev–Trinajstić information content (AvgIpc) is 2.51. The molecule has 0 saturated heterocycles. The van der Waals surface area contributed by atoms with E-state index in [1.165, 1.54) is 17.7 Å². The molecule has 0 atom stereocenters. The van der Waals surface area contributed by atoms with Crippen LogP contribution in [-0.4, -0.2) is 22.4 Å². The van der Waals surface area contributed by atoms with Crippen LogP contribution in [0.5, 0.6) is 0 Å². The zero-order valence-electron chi connectivity index (χ0n) is 16.1. The van der Waals surface area contributed by atoms with Gasteiger partial charge in [-0.3, -0.25) is 4.99 Å². The maximum atomic E-state index is 12.9. The van der Waals surface area contributed by atoms with Gasteiger partial charge in [0, 0.05) is 6.21 Å². The molecule has 0 aromatic heterocycles. The summed E-state index contributed by atoms with van der Waals surface area (Å²) < 4.78 is 12.9. The van der Waals surface area contributed by atoms with Crippen LogP contribution in [0.3, 0.4) is 0 Å². The number of hydrogen-bond acceptors (Lipinski definition) is 1. The van der Waals surface area contributed by atoms with E-state index >= 15 is 0 Å². The van der Waals surface area contributed by atoms with E-state index < -0.39 is 16.1 Å². The number of benzene rings is 2. The summed E-state index contributed by atoms with van der Waals surface area (Å²) in [7, 11) is -2.63. The minimum absolute atomic E-state index is 0.240. The molecule has 2 rings (SSSR count). The maximum Gasteiger partial charge on any atom is 0.123 e. The molecule has 0 amide bonds. The van der Waals surface area contributed by atoms with Crippen molar-refractivity contribution in [3.8, 4) is 0 Å². The van der Waals surface area contributed by atoms with Gasteiger partial charge in [-0.15, -0.1) is 0 Å². The van der Waals surface area contributed by atoms with Gasteiger partial charge in [0.1, 0.15) is 5.82 Å². The summed E-state index contributed by atoms with van der Waals surface area (Å²) >= 11 is 0. The van der Waals surface area contributed by atoms with Gasteiger partial charge in [0.25, 0.3) is 0 Å². The van der Waals surface area contributed by atoms with Crippen LogP contribution < -0.4 is 0 Å². The van der Waals surface area contributed by atoms with Gasteiger partial charge in [0.15, 0.2) is 0 Å². The molecule has 0 heterocycles. The van der Waals surface area contributed by atoms with Crippen molar-refractivity contribution in [2.45, 2.75) is 39.3 Å². The van der Waals surface area contributed by atoms with Gasteiger partial charge in [-0.2, -0.15) is 0 Å². The SMILES string of the molecule is C[Si](C)(C)C(=Cc1ccc(C=Nc2ccc(F)cc2)cc1)[Si](C)(C)C. The normalized spacial score (nSPS) is 12.4. The molecular formula is C21H28FNSi2. The van der Waals surface area contributed by atoms with Crippen molar-refractivity contribution in [3.63, 3.8) is 0 Å². The topological polar surface area (TPSA) is 12.4 Å². The second-order valence-electron chi connectivity index (χ2n) is 8.46. The fraction of sp³-hybridized carbons (Fsp3) is 0.286. The summed E-state index contributed by atoms with van der Waals surface area (Å²) in [5.41, 5.74) is 3.06. The van der Waals surface area contributed by atoms with Gasteiger partial charge in [-0.25, -0.2) is 4.39 Å². The molecule has 2 aromatic carbocycles. The Balaban J connectivity index is 2.21. The monoisotopic (exact) mass is 369 g/mol. The van der Waals surface area contributed by atoms with Crippen LogP contribution in [0.25, 0.3) is 6.08 Å². The van der Waals surface area contributed by atoms with E-state index in [2.05, 4.69) is 74.6 Å². The van der Waals surface area contributed by atoms with Gasteiger partial charge in [0.05, 0.1) is 21.8 Å². The van der Waals surface area contributed by atoms with E-state index in [4.69, 9.17) is 0 Å². The zero-order chi connectivity index (χ0) is 18.7. The van der Waals surface area contributed by atoms with E-state index in [-0.39, 0.29) is 5.82 Å². The summed E-state index contributed by atoms with van der Waals surface area (Å²) in [5, 5.41) is 0. The van der Waals surface area contributed by atoms with Crippen molar-refractivity contribution in [2.75, 3.05) is 0 Å². The molecule has 0 fully saturated rings. The minimum Gasteiger partial charge on any atom is -0.256 e. The maximum absolute atomic E-state index is 12.9. The smallest absolute Gasteiger partial charge is 0.123 e. The molecule has 132 valence electrons. The van der Waals surface area contributed by atoms with E-state index in [1.807, 2.05) is 6.21 Å². The summed E-state index contributed by atoms with van der Waals surface area (Å²) in [4.78, 5) is 6.09. The van der Waals surface area contributed by atoms with Crippen LogP contribution in [-0.2, 0) is 0 Å². The van der Waals surface area contributed by atoms with Crippen LogP contribution >= 0.6 is 0 Å². The van der Waals surface area contributed by atoms with Gasteiger partial charge in [-0.1, -0.05) is 74.4 Å². The molecule has 0 N–H and O–H groups in total. The summed E-state index contributed by atoms with van der Waals surface area (Å²) in [5.74, 6) is -0.240. The first-order valence-electron chi connectivity index (χ1n) is 8.68. The lowest BCUT2D eigenvalue weighted by molar-refractivity contribution is 0.628. The fourth-order valence-electron chi connectivity index (χ4n) is 3.08. The number of aliphatic imine (C=N–C) groups is 1. The number of nitrogens with zero attached hydrogens (tertiary/aromatic N) is 1. The van der Waals surface area contributed by atoms with E-state index in [0.29, 0.717) is 0 Å². The molecular weight excluding hydrogens is 341 g/mol. The van der Waals surface area contributed by atoms with Gasteiger partial charge >= 0.3 is 0 Å². The largest absolute Gasteiger partial charge is 0.256 e. The summed E-state index contributed by atoms with van der Waals surface area (Å²) in [6.45, 7) is 14.6. The molecule has 0 saturated carbocycles. The highest BCUT2D eigenvalue weighted by Gasteiger charge is 2.30. The van der Waals surface area contributed by atoms with Gasteiger partial charge < -0.3 is 0 Å². The molecule has 2 aromatic rings. The molecule has 0 spiro atoms. The Labute approximate surface area is 153 Å². The quantitative estimate of drug-likeness (QED) is 0.410. The van der Waals surface area contributed by atoms with Crippen molar-refractivity contribution in [1.29, 1.82) is 0 Å². The number of rotatable bonds is 5. The second kappa shape index (κ2) is 7.62. The van der Waals surface area contributed by atoms with Crippen LogP contribution in [0.1, 0.15) is 11.1 Å². The Hall–Kier alpha value is -1.79. The van der Waals surface area contributed by atoms with E-state index in [1.54, 1.807) is 17.0 Å².